The van der Waals surface area contributed by atoms with E-state index in [0.29, 0.717) is 0 Å². The molecule has 4 heteroatoms. The monoisotopic (exact) mass is 654 g/mol. The van der Waals surface area contributed by atoms with Crippen molar-refractivity contribution in [3.8, 4) is 5.69 Å². The molecule has 0 aliphatic carbocycles. The molecule has 0 spiro atoms. The average Bonchev–Trinajstić information content (AvgIpc) is 3.77. The predicted molar refractivity (Wildman–Crippen MR) is 195 cm³/mol. The first-order valence-corrected chi connectivity index (χ1v) is 17.2. The summed E-state index contributed by atoms with van der Waals surface area (Å²) in [6, 6.07) is 57.0. The molecule has 0 aliphatic rings. The normalized spacial score (nSPS) is 11.9. The molecule has 0 saturated carbocycles. The van der Waals surface area contributed by atoms with Crippen molar-refractivity contribution in [3.63, 3.8) is 0 Å². The van der Waals surface area contributed by atoms with E-state index in [1.165, 1.54) is 41.1 Å². The van der Waals surface area contributed by atoms with Crippen LogP contribution in [-0.2, 0) is 0 Å². The van der Waals surface area contributed by atoms with Crippen molar-refractivity contribution in [2.75, 3.05) is 4.90 Å². The Balaban J connectivity index is 1.25. The molecule has 46 heavy (non-hydrogen) atoms. The third-order valence-corrected chi connectivity index (χ3v) is 11.5. The van der Waals surface area contributed by atoms with Gasteiger partial charge in [-0.25, -0.2) is 0 Å². The minimum absolute atomic E-state index is 0.266. The summed E-state index contributed by atoms with van der Waals surface area (Å²) in [7, 11) is 0. The van der Waals surface area contributed by atoms with Crippen LogP contribution in [0.15, 0.2) is 162 Å². The Kier molecular flexibility index (Phi) is 5.59. The number of nitrogens with zero attached hydrogens (tertiary/aromatic N) is 2. The van der Waals surface area contributed by atoms with Crippen molar-refractivity contribution < 1.29 is 4.42 Å². The molecule has 216 valence electrons. The second-order valence-electron chi connectivity index (χ2n) is 11.8. The van der Waals surface area contributed by atoms with E-state index >= 15 is 0 Å². The number of aromatic nitrogens is 1. The summed E-state index contributed by atoms with van der Waals surface area (Å²) in [5.74, 6) is 0. The topological polar surface area (TPSA) is 21.3 Å². The minimum atomic E-state index is 0.266. The van der Waals surface area contributed by atoms with Gasteiger partial charge in [0, 0.05) is 0 Å². The Morgan fingerprint density at radius 1 is 0.413 bits per heavy atom. The van der Waals surface area contributed by atoms with E-state index in [0.717, 1.165) is 44.7 Å². The number of hydrogen-bond acceptors (Lipinski definition) is 2. The Morgan fingerprint density at radius 3 is 1.91 bits per heavy atom. The van der Waals surface area contributed by atoms with Crippen molar-refractivity contribution in [2.24, 2.45) is 0 Å². The Hall–Kier alpha value is -5.54. The zero-order valence-electron chi connectivity index (χ0n) is 24.7. The van der Waals surface area contributed by atoms with Crippen LogP contribution in [0.1, 0.15) is 0 Å². The molecule has 0 N–H and O–H groups in total. The van der Waals surface area contributed by atoms with E-state index < -0.39 is 0 Å². The van der Waals surface area contributed by atoms with E-state index in [-0.39, 0.29) is 14.5 Å². The fraction of sp³-hybridized carbons (Fsp3) is 0. The van der Waals surface area contributed by atoms with E-state index in [9.17, 15) is 0 Å². The van der Waals surface area contributed by atoms with Crippen LogP contribution < -0.4 is 4.90 Å². The molecule has 0 atom stereocenters. The van der Waals surface area contributed by atoms with Crippen molar-refractivity contribution in [1.29, 1.82) is 0 Å². The molecule has 7 aromatic carbocycles. The van der Waals surface area contributed by atoms with Gasteiger partial charge in [0.25, 0.3) is 0 Å². The van der Waals surface area contributed by atoms with Crippen molar-refractivity contribution in [2.45, 2.75) is 0 Å². The molecule has 10 aromatic rings. The molecule has 10 rings (SSSR count). The molecule has 0 amide bonds. The van der Waals surface area contributed by atoms with Crippen LogP contribution in [0.2, 0.25) is 0 Å². The fourth-order valence-electron chi connectivity index (χ4n) is 7.11. The van der Waals surface area contributed by atoms with E-state index in [4.69, 9.17) is 4.42 Å². The van der Waals surface area contributed by atoms with Gasteiger partial charge in [-0.15, -0.1) is 0 Å². The average molecular weight is 654 g/mol. The van der Waals surface area contributed by atoms with Crippen LogP contribution in [0.25, 0.3) is 68.7 Å². The molecule has 0 radical (unpaired) electrons. The number of hydrogen-bond donors (Lipinski definition) is 0. The second-order valence-corrected chi connectivity index (χ2v) is 14.1. The molecule has 0 aliphatic heterocycles. The zero-order chi connectivity index (χ0) is 30.2. The van der Waals surface area contributed by atoms with E-state index in [1.54, 1.807) is 0 Å². The Labute approximate surface area is 270 Å². The van der Waals surface area contributed by atoms with E-state index in [2.05, 4.69) is 155 Å². The molecular formula is C42H26N2OSe. The summed E-state index contributed by atoms with van der Waals surface area (Å²) in [5, 5.41) is 7.48. The summed E-state index contributed by atoms with van der Waals surface area (Å²) in [6.07, 6.45) is 0. The summed E-state index contributed by atoms with van der Waals surface area (Å²) in [6.45, 7) is 0. The van der Waals surface area contributed by atoms with Gasteiger partial charge in [0.2, 0.25) is 0 Å². The first-order chi connectivity index (χ1) is 22.8. The zero-order valence-corrected chi connectivity index (χ0v) is 26.4. The quantitative estimate of drug-likeness (QED) is 0.176. The van der Waals surface area contributed by atoms with E-state index in [1.807, 2.05) is 12.1 Å². The number of anilines is 3. The second kappa shape index (κ2) is 9.98. The first-order valence-electron chi connectivity index (χ1n) is 15.5. The summed E-state index contributed by atoms with van der Waals surface area (Å²) >= 11 is 0.266. The molecule has 3 nitrogen and oxygen atoms in total. The molecule has 0 fully saturated rings. The van der Waals surface area contributed by atoms with Crippen molar-refractivity contribution in [3.05, 3.63) is 158 Å². The van der Waals surface area contributed by atoms with Gasteiger partial charge in [-0.05, 0) is 0 Å². The van der Waals surface area contributed by atoms with Gasteiger partial charge in [-0.2, -0.15) is 0 Å². The van der Waals surface area contributed by atoms with Crippen molar-refractivity contribution in [1.82, 2.24) is 4.57 Å². The molecule has 0 bridgehead atoms. The van der Waals surface area contributed by atoms with Crippen LogP contribution in [0.3, 0.4) is 0 Å². The Morgan fingerprint density at radius 2 is 1.02 bits per heavy atom. The fourth-order valence-corrected chi connectivity index (χ4v) is 9.50. The molecular weight excluding hydrogens is 627 g/mol. The summed E-state index contributed by atoms with van der Waals surface area (Å²) in [5.41, 5.74) is 8.72. The standard InChI is InChI=1S/C42H26N2OSe/c1-2-10-27(11-3-1)44-37-15-7-4-12-31(37)32-21-18-29(25-38(32)44)43(28-20-23-40-36(24-28)33-13-5-8-16-39(33)45-40)30-19-22-35-34-14-6-9-17-41(34)46-42(35)26-30/h1-26H. The molecule has 0 unspecified atom stereocenters. The van der Waals surface area contributed by atoms with Gasteiger partial charge in [-0.1, -0.05) is 0 Å². The third kappa shape index (κ3) is 3.85. The van der Waals surface area contributed by atoms with Crippen LogP contribution >= 0.6 is 0 Å². The van der Waals surface area contributed by atoms with Crippen LogP contribution in [-0.4, -0.2) is 19.1 Å². The van der Waals surface area contributed by atoms with Crippen LogP contribution in [0.5, 0.6) is 0 Å². The number of rotatable bonds is 4. The summed E-state index contributed by atoms with van der Waals surface area (Å²) < 4.78 is 11.5. The van der Waals surface area contributed by atoms with Gasteiger partial charge in [-0.3, -0.25) is 0 Å². The van der Waals surface area contributed by atoms with Crippen LogP contribution in [0, 0.1) is 0 Å². The molecule has 3 heterocycles. The SMILES string of the molecule is c1ccc(-n2c3ccccc3c3ccc(N(c4ccc5c(c4)[se]c4ccccc45)c4ccc5oc6ccccc6c5c4)cc32)cc1. The van der Waals surface area contributed by atoms with Gasteiger partial charge < -0.3 is 0 Å². The summed E-state index contributed by atoms with van der Waals surface area (Å²) in [4.78, 5) is 2.41. The predicted octanol–water partition coefficient (Wildman–Crippen LogP) is 11.5. The number of furan rings is 1. The number of fused-ring (bicyclic) bond motifs is 9. The maximum atomic E-state index is 6.23. The number of benzene rings is 7. The van der Waals surface area contributed by atoms with Gasteiger partial charge >= 0.3 is 272 Å². The maximum absolute atomic E-state index is 6.23. The van der Waals surface area contributed by atoms with Gasteiger partial charge in [0.05, 0.1) is 0 Å². The molecule has 0 saturated heterocycles. The van der Waals surface area contributed by atoms with Gasteiger partial charge in [0.15, 0.2) is 0 Å². The van der Waals surface area contributed by atoms with Crippen LogP contribution in [0.4, 0.5) is 17.1 Å². The number of para-hydroxylation sites is 3. The first kappa shape index (κ1) is 25.8. The Bertz CT molecular complexity index is 2770. The van der Waals surface area contributed by atoms with Crippen molar-refractivity contribution >= 4 is 94.6 Å². The third-order valence-electron chi connectivity index (χ3n) is 9.17. The molecule has 3 aromatic heterocycles. The van der Waals surface area contributed by atoms with Gasteiger partial charge in [0.1, 0.15) is 0 Å².